The van der Waals surface area contributed by atoms with Crippen molar-refractivity contribution < 1.29 is 4.79 Å². The largest absolute Gasteiger partial charge is 0.294 e. The molecule has 0 fully saturated rings. The molecule has 0 bridgehead atoms. The van der Waals surface area contributed by atoms with E-state index in [1.54, 1.807) is 34.4 Å². The zero-order valence-corrected chi connectivity index (χ0v) is 9.01. The van der Waals surface area contributed by atoms with E-state index in [2.05, 4.69) is 18.9 Å². The number of unbranched alkanes of at least 4 members (excludes halogenated alkanes) is 1. The van der Waals surface area contributed by atoms with Crippen molar-refractivity contribution in [3.05, 3.63) is 0 Å². The summed E-state index contributed by atoms with van der Waals surface area (Å²) in [5, 5.41) is 0. The number of rotatable bonds is 3. The molecule has 0 atom stereocenters. The molecule has 2 nitrogen and oxygen atoms in total. The van der Waals surface area contributed by atoms with Crippen LogP contribution in [0.3, 0.4) is 0 Å². The van der Waals surface area contributed by atoms with Crippen LogP contribution in [-0.4, -0.2) is 15.4 Å². The van der Waals surface area contributed by atoms with Gasteiger partial charge in [-0.1, -0.05) is 19.3 Å². The van der Waals surface area contributed by atoms with E-state index < -0.39 is 0 Å². The van der Waals surface area contributed by atoms with Gasteiger partial charge in [0, 0.05) is 35.2 Å². The molecule has 0 aromatic carbocycles. The van der Waals surface area contributed by atoms with Crippen LogP contribution in [0.2, 0.25) is 0 Å². The summed E-state index contributed by atoms with van der Waals surface area (Å²) in [6.07, 6.45) is 2.11. The molecule has 1 amide bonds. The van der Waals surface area contributed by atoms with Gasteiger partial charge in [0.2, 0.25) is 0 Å². The first-order valence-electron chi connectivity index (χ1n) is 3.61. The maximum Gasteiger partial charge on any atom is 0.294 e. The normalized spacial score (nSPS) is 8.27. The first kappa shape index (κ1) is 10.8. The first-order valence-corrected chi connectivity index (χ1v) is 4.69. The van der Waals surface area contributed by atoms with E-state index in [-0.39, 0.29) is 3.91 Å². The van der Waals surface area contributed by atoms with Crippen molar-refractivity contribution in [1.82, 2.24) is 4.90 Å². The summed E-state index contributed by atoms with van der Waals surface area (Å²) >= 11 is 1.75. The molecular weight excluding hydrogens is 253 g/mol. The fourth-order valence-electron chi connectivity index (χ4n) is 0.639. The minimum Gasteiger partial charge on any atom is -0.263 e. The minimum absolute atomic E-state index is 0.00500. The van der Waals surface area contributed by atoms with Gasteiger partial charge in [-0.15, -0.1) is 0 Å². The lowest BCUT2D eigenvalue weighted by Gasteiger charge is -2.10. The maximum absolute atomic E-state index is 10.8. The zero-order chi connectivity index (χ0) is 8.69. The summed E-state index contributed by atoms with van der Waals surface area (Å²) in [6, 6.07) is 2.74. The van der Waals surface area contributed by atoms with Gasteiger partial charge in [0.25, 0.3) is 3.91 Å². The Morgan fingerprint density at radius 1 is 1.64 bits per heavy atom. The van der Waals surface area contributed by atoms with Gasteiger partial charge in [-0.05, 0) is 13.3 Å². The molecule has 11 heavy (non-hydrogen) atoms. The van der Waals surface area contributed by atoms with E-state index in [1.165, 1.54) is 0 Å². The van der Waals surface area contributed by atoms with E-state index >= 15 is 0 Å². The second-order valence-electron chi connectivity index (χ2n) is 2.12. The van der Waals surface area contributed by atoms with Gasteiger partial charge < -0.3 is 0 Å². The van der Waals surface area contributed by atoms with Crippen LogP contribution in [0.25, 0.3) is 0 Å². The summed E-state index contributed by atoms with van der Waals surface area (Å²) in [4.78, 5) is 12.4. The molecular formula is C8H12INO. The minimum atomic E-state index is 0.00500. The van der Waals surface area contributed by atoms with Gasteiger partial charge in [0.05, 0.1) is 0 Å². The smallest absolute Gasteiger partial charge is 0.263 e. The Morgan fingerprint density at radius 3 is 2.64 bits per heavy atom. The van der Waals surface area contributed by atoms with Gasteiger partial charge in [-0.2, -0.15) is 0 Å². The van der Waals surface area contributed by atoms with Crippen LogP contribution in [0.1, 0.15) is 26.7 Å². The van der Waals surface area contributed by atoms with Gasteiger partial charge in [0.1, 0.15) is 0 Å². The number of hydrogen-bond acceptors (Lipinski definition) is 1. The van der Waals surface area contributed by atoms with Crippen LogP contribution in [-0.2, 0) is 0 Å². The average Bonchev–Trinajstić information content (AvgIpc) is 1.97. The Balaban J connectivity index is 3.86. The standard InChI is InChI=1S/C8H12INO/c1-3-5-7-10(6-4-2)8(9)11/h3,5,7H2,1-2H3. The summed E-state index contributed by atoms with van der Waals surface area (Å²) < 4.78 is 0.00500. The predicted molar refractivity (Wildman–Crippen MR) is 54.5 cm³/mol. The predicted octanol–water partition coefficient (Wildman–Crippen LogP) is 2.62. The molecule has 0 heterocycles. The molecule has 62 valence electrons. The zero-order valence-electron chi connectivity index (χ0n) is 6.85. The lowest BCUT2D eigenvalue weighted by atomic mass is 10.3. The maximum atomic E-state index is 10.8. The Hall–Kier alpha value is -0.240. The second-order valence-corrected chi connectivity index (χ2v) is 3.04. The van der Waals surface area contributed by atoms with E-state index in [4.69, 9.17) is 0 Å². The van der Waals surface area contributed by atoms with Crippen LogP contribution in [0.4, 0.5) is 4.79 Å². The van der Waals surface area contributed by atoms with Crippen molar-refractivity contribution in [2.24, 2.45) is 0 Å². The monoisotopic (exact) mass is 265 g/mol. The van der Waals surface area contributed by atoms with E-state index in [0.717, 1.165) is 19.4 Å². The summed E-state index contributed by atoms with van der Waals surface area (Å²) in [5.41, 5.74) is 0. The lowest BCUT2D eigenvalue weighted by Crippen LogP contribution is -2.20. The highest BCUT2D eigenvalue weighted by atomic mass is 127. The lowest BCUT2D eigenvalue weighted by molar-refractivity contribution is 0.244. The third-order valence-corrected chi connectivity index (χ3v) is 1.78. The number of carbonyl (C=O) groups excluding carboxylic acids is 1. The number of hydrogen-bond donors (Lipinski definition) is 0. The van der Waals surface area contributed by atoms with E-state index in [9.17, 15) is 4.79 Å². The number of amides is 1. The highest BCUT2D eigenvalue weighted by Gasteiger charge is 2.04. The van der Waals surface area contributed by atoms with E-state index in [0.29, 0.717) is 0 Å². The van der Waals surface area contributed by atoms with Gasteiger partial charge in [-0.3, -0.25) is 9.69 Å². The molecule has 0 rings (SSSR count). The highest BCUT2D eigenvalue weighted by Crippen LogP contribution is 2.00. The molecule has 0 unspecified atom stereocenters. The fraction of sp³-hybridized carbons (Fsp3) is 0.625. The van der Waals surface area contributed by atoms with Crippen LogP contribution in [0, 0.1) is 12.0 Å². The van der Waals surface area contributed by atoms with Crippen molar-refractivity contribution in [2.75, 3.05) is 6.54 Å². The quantitative estimate of drug-likeness (QED) is 0.252. The summed E-state index contributed by atoms with van der Waals surface area (Å²) in [6.45, 7) is 4.58. The molecule has 3 heteroatoms. The van der Waals surface area contributed by atoms with Crippen molar-refractivity contribution in [2.45, 2.75) is 26.7 Å². The third-order valence-electron chi connectivity index (χ3n) is 1.19. The Labute approximate surface area is 81.5 Å². The van der Waals surface area contributed by atoms with Crippen LogP contribution in [0.5, 0.6) is 0 Å². The fourth-order valence-corrected chi connectivity index (χ4v) is 1.00. The first-order chi connectivity index (χ1) is 5.22. The van der Waals surface area contributed by atoms with Gasteiger partial charge >= 0.3 is 0 Å². The summed E-state index contributed by atoms with van der Waals surface area (Å²) in [5.74, 6) is 2.71. The Morgan fingerprint density at radius 2 is 2.27 bits per heavy atom. The molecule has 0 saturated heterocycles. The molecule has 0 aliphatic heterocycles. The SMILES string of the molecule is CC#CN(CCCC)C(=O)I. The van der Waals surface area contributed by atoms with Crippen LogP contribution in [0.15, 0.2) is 0 Å². The number of nitrogens with zero attached hydrogens (tertiary/aromatic N) is 1. The highest BCUT2D eigenvalue weighted by molar-refractivity contribution is 14.1. The van der Waals surface area contributed by atoms with Crippen molar-refractivity contribution >= 4 is 26.5 Å². The molecule has 0 spiro atoms. The van der Waals surface area contributed by atoms with Gasteiger partial charge in [0.15, 0.2) is 0 Å². The Bertz CT molecular complexity index is 180. The molecule has 0 aliphatic rings. The number of carbonyl (C=O) groups is 1. The van der Waals surface area contributed by atoms with Crippen LogP contribution < -0.4 is 0 Å². The molecule has 0 N–H and O–H groups in total. The molecule has 0 aromatic heterocycles. The summed E-state index contributed by atoms with van der Waals surface area (Å²) in [7, 11) is 0. The van der Waals surface area contributed by atoms with Crippen molar-refractivity contribution in [3.63, 3.8) is 0 Å². The van der Waals surface area contributed by atoms with Crippen molar-refractivity contribution in [3.8, 4) is 12.0 Å². The second kappa shape index (κ2) is 6.47. The molecule has 0 aromatic rings. The topological polar surface area (TPSA) is 20.3 Å². The van der Waals surface area contributed by atoms with Crippen molar-refractivity contribution in [1.29, 1.82) is 0 Å². The average molecular weight is 265 g/mol. The third kappa shape index (κ3) is 5.08. The molecule has 0 radical (unpaired) electrons. The molecule has 0 saturated carbocycles. The molecule has 0 aliphatic carbocycles. The van der Waals surface area contributed by atoms with E-state index in [1.807, 2.05) is 0 Å². The van der Waals surface area contributed by atoms with Crippen LogP contribution >= 0.6 is 22.6 Å². The van der Waals surface area contributed by atoms with Gasteiger partial charge in [-0.25, -0.2) is 0 Å². The Kier molecular flexibility index (Phi) is 6.33. The number of halogens is 1.